The molecule has 1 aromatic carbocycles. The summed E-state index contributed by atoms with van der Waals surface area (Å²) < 4.78 is 6.67. The summed E-state index contributed by atoms with van der Waals surface area (Å²) in [6.07, 6.45) is 1.20. The van der Waals surface area contributed by atoms with Crippen molar-refractivity contribution in [2.45, 2.75) is 11.8 Å². The van der Waals surface area contributed by atoms with Gasteiger partial charge < -0.3 is 15.0 Å². The summed E-state index contributed by atoms with van der Waals surface area (Å²) in [4.78, 5) is 2.56. The Balaban J connectivity index is 1.64. The lowest BCUT2D eigenvalue weighted by molar-refractivity contribution is -0.0679. The van der Waals surface area contributed by atoms with Crippen molar-refractivity contribution >= 4 is 15.9 Å². The summed E-state index contributed by atoms with van der Waals surface area (Å²) in [7, 11) is 0. The van der Waals surface area contributed by atoms with E-state index in [0.29, 0.717) is 0 Å². The first kappa shape index (κ1) is 13.6. The molecule has 0 amide bonds. The molecule has 2 aliphatic rings. The third-order valence-corrected chi connectivity index (χ3v) is 4.86. The number of nitrogens with one attached hydrogen (secondary N) is 1. The van der Waals surface area contributed by atoms with E-state index in [1.807, 2.05) is 0 Å². The van der Waals surface area contributed by atoms with Crippen molar-refractivity contribution in [3.05, 3.63) is 34.3 Å². The van der Waals surface area contributed by atoms with Crippen molar-refractivity contribution in [2.75, 3.05) is 45.9 Å². The van der Waals surface area contributed by atoms with E-state index in [0.717, 1.165) is 30.8 Å². The molecular weight excluding hydrogens is 304 g/mol. The SMILES string of the molecule is Brc1ccc(C2(CCN3CCNCC3)COC2)cc1. The van der Waals surface area contributed by atoms with Gasteiger partial charge in [0.15, 0.2) is 0 Å². The van der Waals surface area contributed by atoms with Crippen LogP contribution in [-0.2, 0) is 10.2 Å². The van der Waals surface area contributed by atoms with Crippen molar-refractivity contribution < 1.29 is 4.74 Å². The second-order valence-electron chi connectivity index (χ2n) is 5.62. The lowest BCUT2D eigenvalue weighted by Gasteiger charge is -2.43. The largest absolute Gasteiger partial charge is 0.379 e. The Labute approximate surface area is 123 Å². The topological polar surface area (TPSA) is 24.5 Å². The van der Waals surface area contributed by atoms with Gasteiger partial charge in [-0.2, -0.15) is 0 Å². The zero-order valence-corrected chi connectivity index (χ0v) is 12.8. The van der Waals surface area contributed by atoms with Crippen LogP contribution >= 0.6 is 15.9 Å². The van der Waals surface area contributed by atoms with Gasteiger partial charge in [-0.15, -0.1) is 0 Å². The molecule has 0 atom stereocenters. The zero-order valence-electron chi connectivity index (χ0n) is 11.2. The number of piperazine rings is 1. The van der Waals surface area contributed by atoms with E-state index in [4.69, 9.17) is 4.74 Å². The Morgan fingerprint density at radius 2 is 1.84 bits per heavy atom. The van der Waals surface area contributed by atoms with Gasteiger partial charge in [-0.3, -0.25) is 0 Å². The molecule has 19 heavy (non-hydrogen) atoms. The monoisotopic (exact) mass is 324 g/mol. The van der Waals surface area contributed by atoms with Gasteiger partial charge in [-0.25, -0.2) is 0 Å². The smallest absolute Gasteiger partial charge is 0.0586 e. The number of benzene rings is 1. The molecule has 3 nitrogen and oxygen atoms in total. The van der Waals surface area contributed by atoms with Crippen LogP contribution in [0, 0.1) is 0 Å². The first-order chi connectivity index (χ1) is 9.28. The summed E-state index contributed by atoms with van der Waals surface area (Å²) in [6.45, 7) is 7.54. The van der Waals surface area contributed by atoms with E-state index < -0.39 is 0 Å². The Morgan fingerprint density at radius 3 is 2.42 bits per heavy atom. The Kier molecular flexibility index (Phi) is 4.22. The Hall–Kier alpha value is -0.420. The van der Waals surface area contributed by atoms with Gasteiger partial charge in [0.2, 0.25) is 0 Å². The highest BCUT2D eigenvalue weighted by Gasteiger charge is 2.40. The van der Waals surface area contributed by atoms with Crippen LogP contribution in [0.15, 0.2) is 28.7 Å². The molecule has 0 unspecified atom stereocenters. The van der Waals surface area contributed by atoms with Crippen molar-refractivity contribution in [2.24, 2.45) is 0 Å². The minimum Gasteiger partial charge on any atom is -0.379 e. The van der Waals surface area contributed by atoms with Crippen LogP contribution in [0.25, 0.3) is 0 Å². The predicted molar refractivity (Wildman–Crippen MR) is 80.6 cm³/mol. The van der Waals surface area contributed by atoms with Crippen molar-refractivity contribution in [3.63, 3.8) is 0 Å². The molecule has 0 radical (unpaired) electrons. The molecule has 1 aromatic rings. The van der Waals surface area contributed by atoms with E-state index in [-0.39, 0.29) is 5.41 Å². The molecule has 0 aliphatic carbocycles. The fourth-order valence-corrected chi connectivity index (χ4v) is 3.18. The van der Waals surface area contributed by atoms with Crippen LogP contribution in [0.2, 0.25) is 0 Å². The summed E-state index contributed by atoms with van der Waals surface area (Å²) in [6, 6.07) is 8.76. The lowest BCUT2D eigenvalue weighted by Crippen LogP contribution is -2.51. The first-order valence-corrected chi connectivity index (χ1v) is 7.85. The fraction of sp³-hybridized carbons (Fsp3) is 0.600. The third kappa shape index (κ3) is 3.02. The van der Waals surface area contributed by atoms with Crippen LogP contribution in [0.1, 0.15) is 12.0 Å². The highest BCUT2D eigenvalue weighted by Crippen LogP contribution is 2.36. The predicted octanol–water partition coefficient (Wildman–Crippen LogP) is 2.01. The van der Waals surface area contributed by atoms with Gasteiger partial charge in [0.1, 0.15) is 0 Å². The van der Waals surface area contributed by atoms with Gasteiger partial charge in [0, 0.05) is 36.1 Å². The van der Waals surface area contributed by atoms with Crippen LogP contribution < -0.4 is 5.32 Å². The van der Waals surface area contributed by atoms with Gasteiger partial charge >= 0.3 is 0 Å². The summed E-state index contributed by atoms with van der Waals surface area (Å²) in [5.74, 6) is 0. The molecule has 0 aromatic heterocycles. The average Bonchev–Trinajstić information content (AvgIpc) is 2.41. The zero-order chi connectivity index (χ0) is 13.1. The second kappa shape index (κ2) is 5.92. The molecule has 4 heteroatoms. The number of halogens is 1. The number of ether oxygens (including phenoxy) is 1. The molecule has 2 aliphatic heterocycles. The maximum atomic E-state index is 5.52. The van der Waals surface area contributed by atoms with Crippen LogP contribution in [0.4, 0.5) is 0 Å². The molecule has 3 rings (SSSR count). The maximum absolute atomic E-state index is 5.52. The summed E-state index contributed by atoms with van der Waals surface area (Å²) >= 11 is 3.51. The van der Waals surface area contributed by atoms with E-state index in [9.17, 15) is 0 Å². The van der Waals surface area contributed by atoms with Gasteiger partial charge in [-0.05, 0) is 30.7 Å². The van der Waals surface area contributed by atoms with Crippen LogP contribution in [0.3, 0.4) is 0 Å². The van der Waals surface area contributed by atoms with Gasteiger partial charge in [0.05, 0.1) is 13.2 Å². The molecular formula is C15H21BrN2O. The second-order valence-corrected chi connectivity index (χ2v) is 6.54. The molecule has 2 fully saturated rings. The Morgan fingerprint density at radius 1 is 1.16 bits per heavy atom. The van der Waals surface area contributed by atoms with Gasteiger partial charge in [0.25, 0.3) is 0 Å². The molecule has 2 heterocycles. The average molecular weight is 325 g/mol. The van der Waals surface area contributed by atoms with E-state index in [2.05, 4.69) is 50.4 Å². The minimum atomic E-state index is 0.256. The molecule has 0 bridgehead atoms. The molecule has 104 valence electrons. The van der Waals surface area contributed by atoms with Crippen molar-refractivity contribution in [1.82, 2.24) is 10.2 Å². The molecule has 0 saturated carbocycles. The highest BCUT2D eigenvalue weighted by molar-refractivity contribution is 9.10. The van der Waals surface area contributed by atoms with E-state index >= 15 is 0 Å². The highest BCUT2D eigenvalue weighted by atomic mass is 79.9. The summed E-state index contributed by atoms with van der Waals surface area (Å²) in [5.41, 5.74) is 1.68. The maximum Gasteiger partial charge on any atom is 0.0586 e. The number of rotatable bonds is 4. The number of hydrogen-bond acceptors (Lipinski definition) is 3. The normalized spacial score (nSPS) is 23.0. The quantitative estimate of drug-likeness (QED) is 0.917. The van der Waals surface area contributed by atoms with Crippen LogP contribution in [0.5, 0.6) is 0 Å². The first-order valence-electron chi connectivity index (χ1n) is 7.05. The van der Waals surface area contributed by atoms with Crippen molar-refractivity contribution in [1.29, 1.82) is 0 Å². The molecule has 1 N–H and O–H groups in total. The lowest BCUT2D eigenvalue weighted by atomic mass is 9.76. The number of nitrogens with zero attached hydrogens (tertiary/aromatic N) is 1. The van der Waals surface area contributed by atoms with Crippen molar-refractivity contribution in [3.8, 4) is 0 Å². The molecule has 0 spiro atoms. The minimum absolute atomic E-state index is 0.256. The third-order valence-electron chi connectivity index (χ3n) is 4.33. The fourth-order valence-electron chi connectivity index (χ4n) is 2.91. The van der Waals surface area contributed by atoms with Crippen LogP contribution in [-0.4, -0.2) is 50.8 Å². The number of hydrogen-bond donors (Lipinski definition) is 1. The summed E-state index contributed by atoms with van der Waals surface area (Å²) in [5, 5.41) is 3.41. The van der Waals surface area contributed by atoms with E-state index in [1.165, 1.54) is 31.6 Å². The Bertz CT molecular complexity index is 411. The standard InChI is InChI=1S/C15H21BrN2O/c16-14-3-1-13(2-4-14)15(11-19-12-15)5-8-18-9-6-17-7-10-18/h1-4,17H,5-12H2. The van der Waals surface area contributed by atoms with Gasteiger partial charge in [-0.1, -0.05) is 28.1 Å². The van der Waals surface area contributed by atoms with E-state index in [1.54, 1.807) is 0 Å². The molecule has 2 saturated heterocycles.